The van der Waals surface area contributed by atoms with Gasteiger partial charge in [-0.05, 0) is 19.1 Å². The van der Waals surface area contributed by atoms with Gasteiger partial charge in [-0.3, -0.25) is 4.98 Å². The fourth-order valence-corrected chi connectivity index (χ4v) is 0.782. The third kappa shape index (κ3) is 2.44. The van der Waals surface area contributed by atoms with Crippen LogP contribution in [-0.4, -0.2) is 16.7 Å². The van der Waals surface area contributed by atoms with E-state index in [-0.39, 0.29) is 19.0 Å². The standard InChI is InChI=1S/C8H12N2O.ClH/c1-8(9,6-11)7-4-2-3-5-10-7;/h2-5,11H,6,9H2,1H3;1H/t8-;/m0./s1. The molecule has 1 heterocycles. The molecular formula is C8H13ClN2O. The molecule has 12 heavy (non-hydrogen) atoms. The van der Waals surface area contributed by atoms with Crippen molar-refractivity contribution in [2.24, 2.45) is 5.73 Å². The molecule has 1 aromatic rings. The fourth-order valence-electron chi connectivity index (χ4n) is 0.782. The van der Waals surface area contributed by atoms with Crippen molar-refractivity contribution in [1.82, 2.24) is 4.98 Å². The molecule has 0 amide bonds. The van der Waals surface area contributed by atoms with E-state index in [2.05, 4.69) is 4.98 Å². The van der Waals surface area contributed by atoms with Gasteiger partial charge >= 0.3 is 0 Å². The van der Waals surface area contributed by atoms with Crippen LogP contribution in [-0.2, 0) is 5.54 Å². The van der Waals surface area contributed by atoms with E-state index >= 15 is 0 Å². The molecule has 1 rings (SSSR count). The number of rotatable bonds is 2. The molecule has 0 unspecified atom stereocenters. The molecule has 1 aromatic heterocycles. The van der Waals surface area contributed by atoms with E-state index in [1.807, 2.05) is 12.1 Å². The Morgan fingerprint density at radius 3 is 2.67 bits per heavy atom. The molecule has 0 saturated heterocycles. The Morgan fingerprint density at radius 2 is 2.25 bits per heavy atom. The number of nitrogens with two attached hydrogens (primary N) is 1. The monoisotopic (exact) mass is 188 g/mol. The zero-order valence-electron chi connectivity index (χ0n) is 6.90. The predicted molar refractivity (Wildman–Crippen MR) is 50.1 cm³/mol. The van der Waals surface area contributed by atoms with Gasteiger partial charge in [-0.15, -0.1) is 12.4 Å². The van der Waals surface area contributed by atoms with E-state index in [0.717, 1.165) is 0 Å². The quantitative estimate of drug-likeness (QED) is 0.718. The van der Waals surface area contributed by atoms with Crippen molar-refractivity contribution in [3.63, 3.8) is 0 Å². The second-order valence-electron chi connectivity index (χ2n) is 2.79. The average Bonchev–Trinajstić information content (AvgIpc) is 2.06. The Kier molecular flexibility index (Phi) is 4.17. The van der Waals surface area contributed by atoms with Gasteiger partial charge in [0.15, 0.2) is 0 Å². The molecule has 0 aliphatic carbocycles. The summed E-state index contributed by atoms with van der Waals surface area (Å²) in [6, 6.07) is 5.47. The number of hydrogen-bond donors (Lipinski definition) is 2. The Bertz CT molecular complexity index is 226. The second kappa shape index (κ2) is 4.40. The summed E-state index contributed by atoms with van der Waals surface area (Å²) >= 11 is 0. The van der Waals surface area contributed by atoms with Gasteiger partial charge < -0.3 is 10.8 Å². The molecule has 0 fully saturated rings. The van der Waals surface area contributed by atoms with Crippen molar-refractivity contribution >= 4 is 12.4 Å². The van der Waals surface area contributed by atoms with Crippen LogP contribution in [0.1, 0.15) is 12.6 Å². The minimum absolute atomic E-state index is 0. The lowest BCUT2D eigenvalue weighted by atomic mass is 10.0. The molecule has 4 heteroatoms. The van der Waals surface area contributed by atoms with Gasteiger partial charge in [0.05, 0.1) is 17.8 Å². The summed E-state index contributed by atoms with van der Waals surface area (Å²) < 4.78 is 0. The van der Waals surface area contributed by atoms with Crippen molar-refractivity contribution in [1.29, 1.82) is 0 Å². The molecule has 3 N–H and O–H groups in total. The van der Waals surface area contributed by atoms with E-state index in [0.29, 0.717) is 5.69 Å². The molecule has 0 aromatic carbocycles. The highest BCUT2D eigenvalue weighted by Gasteiger charge is 2.20. The number of aliphatic hydroxyl groups is 1. The van der Waals surface area contributed by atoms with E-state index in [1.54, 1.807) is 19.2 Å². The van der Waals surface area contributed by atoms with Crippen LogP contribution in [0.3, 0.4) is 0 Å². The zero-order chi connectivity index (χ0) is 8.32. The highest BCUT2D eigenvalue weighted by molar-refractivity contribution is 5.85. The summed E-state index contributed by atoms with van der Waals surface area (Å²) in [5.74, 6) is 0. The maximum absolute atomic E-state index is 8.88. The van der Waals surface area contributed by atoms with Gasteiger partial charge in [0, 0.05) is 6.20 Å². The van der Waals surface area contributed by atoms with Gasteiger partial charge in [0.25, 0.3) is 0 Å². The minimum Gasteiger partial charge on any atom is -0.394 e. The lowest BCUT2D eigenvalue weighted by Gasteiger charge is -2.20. The number of nitrogens with zero attached hydrogens (tertiary/aromatic N) is 1. The third-order valence-electron chi connectivity index (χ3n) is 1.58. The van der Waals surface area contributed by atoms with Crippen LogP contribution in [0.5, 0.6) is 0 Å². The van der Waals surface area contributed by atoms with Crippen LogP contribution >= 0.6 is 12.4 Å². The molecule has 0 spiro atoms. The van der Waals surface area contributed by atoms with Gasteiger partial charge in [0.1, 0.15) is 0 Å². The minimum atomic E-state index is -0.721. The predicted octanol–water partition coefficient (Wildman–Crippen LogP) is 0.670. The zero-order valence-corrected chi connectivity index (χ0v) is 7.71. The maximum Gasteiger partial charge on any atom is 0.0789 e. The summed E-state index contributed by atoms with van der Waals surface area (Å²) in [7, 11) is 0. The molecule has 0 aliphatic rings. The van der Waals surface area contributed by atoms with Crippen LogP contribution in [0.15, 0.2) is 24.4 Å². The molecule has 68 valence electrons. The lowest BCUT2D eigenvalue weighted by molar-refractivity contribution is 0.207. The number of aliphatic hydroxyl groups excluding tert-OH is 1. The van der Waals surface area contributed by atoms with Crippen LogP contribution < -0.4 is 5.73 Å². The van der Waals surface area contributed by atoms with Crippen molar-refractivity contribution in [2.45, 2.75) is 12.5 Å². The molecule has 0 bridgehead atoms. The van der Waals surface area contributed by atoms with Gasteiger partial charge in [0.2, 0.25) is 0 Å². The lowest BCUT2D eigenvalue weighted by Crippen LogP contribution is -2.37. The van der Waals surface area contributed by atoms with Crippen LogP contribution in [0.25, 0.3) is 0 Å². The molecule has 0 saturated carbocycles. The number of pyridine rings is 1. The van der Waals surface area contributed by atoms with E-state index in [1.165, 1.54) is 0 Å². The largest absolute Gasteiger partial charge is 0.394 e. The van der Waals surface area contributed by atoms with E-state index < -0.39 is 5.54 Å². The number of halogens is 1. The first-order valence-electron chi connectivity index (χ1n) is 3.48. The van der Waals surface area contributed by atoms with E-state index in [9.17, 15) is 0 Å². The smallest absolute Gasteiger partial charge is 0.0789 e. The Morgan fingerprint density at radius 1 is 1.58 bits per heavy atom. The molecule has 0 aliphatic heterocycles. The Balaban J connectivity index is 0.00000121. The Labute approximate surface area is 78.0 Å². The summed E-state index contributed by atoms with van der Waals surface area (Å²) in [6.45, 7) is 1.65. The maximum atomic E-state index is 8.88. The summed E-state index contributed by atoms with van der Waals surface area (Å²) in [4.78, 5) is 4.04. The van der Waals surface area contributed by atoms with Crippen molar-refractivity contribution < 1.29 is 5.11 Å². The van der Waals surface area contributed by atoms with Crippen LogP contribution in [0, 0.1) is 0 Å². The first-order chi connectivity index (χ1) is 5.17. The van der Waals surface area contributed by atoms with Crippen molar-refractivity contribution in [2.75, 3.05) is 6.61 Å². The van der Waals surface area contributed by atoms with Crippen molar-refractivity contribution in [3.05, 3.63) is 30.1 Å². The van der Waals surface area contributed by atoms with Gasteiger partial charge in [-0.2, -0.15) is 0 Å². The normalized spacial score (nSPS) is 14.6. The highest BCUT2D eigenvalue weighted by Crippen LogP contribution is 2.12. The Hall–Kier alpha value is -0.640. The summed E-state index contributed by atoms with van der Waals surface area (Å²) in [6.07, 6.45) is 1.66. The van der Waals surface area contributed by atoms with Crippen molar-refractivity contribution in [3.8, 4) is 0 Å². The number of aromatic nitrogens is 1. The molecule has 1 atom stereocenters. The van der Waals surface area contributed by atoms with E-state index in [4.69, 9.17) is 10.8 Å². The summed E-state index contributed by atoms with van der Waals surface area (Å²) in [5.41, 5.74) is 5.71. The van der Waals surface area contributed by atoms with Crippen LogP contribution in [0.2, 0.25) is 0 Å². The SMILES string of the molecule is C[C@](N)(CO)c1ccccn1.Cl. The fraction of sp³-hybridized carbons (Fsp3) is 0.375. The van der Waals surface area contributed by atoms with Crippen LogP contribution in [0.4, 0.5) is 0 Å². The summed E-state index contributed by atoms with van der Waals surface area (Å²) in [5, 5.41) is 8.88. The van der Waals surface area contributed by atoms with Gasteiger partial charge in [-0.1, -0.05) is 6.07 Å². The second-order valence-corrected chi connectivity index (χ2v) is 2.79. The van der Waals surface area contributed by atoms with Gasteiger partial charge in [-0.25, -0.2) is 0 Å². The topological polar surface area (TPSA) is 59.1 Å². The molecule has 0 radical (unpaired) electrons. The molecular weight excluding hydrogens is 176 g/mol. The first-order valence-corrected chi connectivity index (χ1v) is 3.48. The third-order valence-corrected chi connectivity index (χ3v) is 1.58. The average molecular weight is 189 g/mol. The highest BCUT2D eigenvalue weighted by atomic mass is 35.5. The molecule has 3 nitrogen and oxygen atoms in total. The first kappa shape index (κ1) is 11.4. The number of hydrogen-bond acceptors (Lipinski definition) is 3.